The van der Waals surface area contributed by atoms with Crippen molar-refractivity contribution in [3.63, 3.8) is 0 Å². The first-order valence-corrected chi connectivity index (χ1v) is 4.31. The van der Waals surface area contributed by atoms with Crippen molar-refractivity contribution in [3.05, 3.63) is 35.9 Å². The Balaban J connectivity index is 0.00000196. The van der Waals surface area contributed by atoms with Crippen LogP contribution in [0.2, 0.25) is 0 Å². The molecule has 0 spiro atoms. The molecule has 1 atom stereocenters. The maximum atomic E-state index is 11.0. The van der Waals surface area contributed by atoms with Gasteiger partial charge >= 0.3 is 5.97 Å². The van der Waals surface area contributed by atoms with Crippen LogP contribution in [0.4, 0.5) is 0 Å². The summed E-state index contributed by atoms with van der Waals surface area (Å²) >= 11 is 0. The Morgan fingerprint density at radius 3 is 2.53 bits per heavy atom. The predicted molar refractivity (Wildman–Crippen MR) is 58.5 cm³/mol. The maximum absolute atomic E-state index is 11.0. The molecular weight excluding hydrogens is 218 g/mol. The fourth-order valence-electron chi connectivity index (χ4n) is 0.910. The van der Waals surface area contributed by atoms with Crippen molar-refractivity contribution in [2.45, 2.75) is 12.6 Å². The molecule has 1 aromatic carbocycles. The monoisotopic (exact) mass is 231 g/mol. The lowest BCUT2D eigenvalue weighted by Gasteiger charge is -2.08. The molecule has 0 aliphatic carbocycles. The van der Waals surface area contributed by atoms with Gasteiger partial charge in [-0.3, -0.25) is 4.79 Å². The van der Waals surface area contributed by atoms with Crippen molar-refractivity contribution < 1.29 is 14.6 Å². The lowest BCUT2D eigenvalue weighted by atomic mass is 10.2. The summed E-state index contributed by atoms with van der Waals surface area (Å²) in [7, 11) is 0. The number of aliphatic hydroxyl groups is 1. The summed E-state index contributed by atoms with van der Waals surface area (Å²) in [5.74, 6) is -0.587. The number of esters is 1. The van der Waals surface area contributed by atoms with Crippen molar-refractivity contribution in [3.8, 4) is 0 Å². The highest BCUT2D eigenvalue weighted by atomic mass is 35.5. The molecule has 3 N–H and O–H groups in total. The van der Waals surface area contributed by atoms with E-state index in [0.29, 0.717) is 0 Å². The van der Waals surface area contributed by atoms with Crippen molar-refractivity contribution in [2.75, 3.05) is 6.61 Å². The van der Waals surface area contributed by atoms with Gasteiger partial charge in [-0.15, -0.1) is 12.4 Å². The third kappa shape index (κ3) is 4.78. The van der Waals surface area contributed by atoms with E-state index in [0.717, 1.165) is 5.56 Å². The summed E-state index contributed by atoms with van der Waals surface area (Å²) < 4.78 is 4.86. The van der Waals surface area contributed by atoms with Gasteiger partial charge in [0.25, 0.3) is 0 Å². The zero-order valence-corrected chi connectivity index (χ0v) is 8.94. The summed E-state index contributed by atoms with van der Waals surface area (Å²) in [4.78, 5) is 11.0. The third-order valence-electron chi connectivity index (χ3n) is 1.72. The lowest BCUT2D eigenvalue weighted by molar-refractivity contribution is -0.147. The Morgan fingerprint density at radius 2 is 2.00 bits per heavy atom. The Hall–Kier alpha value is -1.10. The number of ether oxygens (including phenoxy) is 1. The van der Waals surface area contributed by atoms with Gasteiger partial charge in [0, 0.05) is 0 Å². The largest absolute Gasteiger partial charge is 0.460 e. The van der Waals surface area contributed by atoms with E-state index < -0.39 is 18.6 Å². The summed E-state index contributed by atoms with van der Waals surface area (Å²) in [6.45, 7) is -0.207. The molecule has 0 aliphatic heterocycles. The van der Waals surface area contributed by atoms with Gasteiger partial charge in [-0.05, 0) is 5.56 Å². The van der Waals surface area contributed by atoms with Crippen LogP contribution in [0.25, 0.3) is 0 Å². The van der Waals surface area contributed by atoms with Gasteiger partial charge < -0.3 is 15.6 Å². The molecule has 0 saturated carbocycles. The molecule has 84 valence electrons. The Morgan fingerprint density at radius 1 is 1.40 bits per heavy atom. The highest BCUT2D eigenvalue weighted by Crippen LogP contribution is 2.01. The van der Waals surface area contributed by atoms with E-state index in [1.54, 1.807) is 0 Å². The van der Waals surface area contributed by atoms with Crippen LogP contribution in [0.5, 0.6) is 0 Å². The molecule has 5 heteroatoms. The molecular formula is C10H14ClNO3. The number of carbonyl (C=O) groups is 1. The summed E-state index contributed by atoms with van der Waals surface area (Å²) in [5.41, 5.74) is 6.15. The first kappa shape index (κ1) is 13.9. The second-order valence-electron chi connectivity index (χ2n) is 2.88. The van der Waals surface area contributed by atoms with E-state index in [1.165, 1.54) is 0 Å². The molecule has 0 unspecified atom stereocenters. The van der Waals surface area contributed by atoms with Gasteiger partial charge in [0.1, 0.15) is 12.6 Å². The van der Waals surface area contributed by atoms with Gasteiger partial charge in [-0.25, -0.2) is 0 Å². The quantitative estimate of drug-likeness (QED) is 0.739. The normalized spacial score (nSPS) is 11.3. The zero-order valence-electron chi connectivity index (χ0n) is 8.13. The van der Waals surface area contributed by atoms with Gasteiger partial charge in [0.05, 0.1) is 6.61 Å². The minimum Gasteiger partial charge on any atom is -0.460 e. The number of nitrogens with two attached hydrogens (primary N) is 1. The van der Waals surface area contributed by atoms with Gasteiger partial charge in [-0.1, -0.05) is 30.3 Å². The molecule has 4 nitrogen and oxygen atoms in total. The Bertz CT molecular complexity index is 292. The molecule has 0 fully saturated rings. The summed E-state index contributed by atoms with van der Waals surface area (Å²) in [6.07, 6.45) is 0. The van der Waals surface area contributed by atoms with Crippen LogP contribution in [0.15, 0.2) is 30.3 Å². The molecule has 0 aromatic heterocycles. The van der Waals surface area contributed by atoms with Crippen molar-refractivity contribution in [2.24, 2.45) is 5.73 Å². The van der Waals surface area contributed by atoms with E-state index in [2.05, 4.69) is 0 Å². The molecule has 0 bridgehead atoms. The first-order chi connectivity index (χ1) is 6.74. The molecule has 15 heavy (non-hydrogen) atoms. The number of carbonyl (C=O) groups excluding carboxylic acids is 1. The van der Waals surface area contributed by atoms with E-state index in [9.17, 15) is 4.79 Å². The number of benzene rings is 1. The minimum atomic E-state index is -0.946. The predicted octanol–water partition coefficient (Wildman–Crippen LogP) is 0.471. The van der Waals surface area contributed by atoms with Crippen molar-refractivity contribution >= 4 is 18.4 Å². The van der Waals surface area contributed by atoms with Crippen LogP contribution in [-0.2, 0) is 16.1 Å². The number of aliphatic hydroxyl groups excluding tert-OH is 1. The van der Waals surface area contributed by atoms with E-state index in [4.69, 9.17) is 15.6 Å². The molecule has 0 heterocycles. The number of hydrogen-bond acceptors (Lipinski definition) is 4. The second kappa shape index (κ2) is 7.23. The zero-order chi connectivity index (χ0) is 10.4. The summed E-state index contributed by atoms with van der Waals surface area (Å²) in [5, 5.41) is 8.58. The van der Waals surface area contributed by atoms with Crippen LogP contribution in [0, 0.1) is 0 Å². The maximum Gasteiger partial charge on any atom is 0.325 e. The molecule has 0 radical (unpaired) electrons. The van der Waals surface area contributed by atoms with Crippen molar-refractivity contribution in [1.82, 2.24) is 0 Å². The van der Waals surface area contributed by atoms with Crippen LogP contribution in [-0.4, -0.2) is 23.7 Å². The van der Waals surface area contributed by atoms with Gasteiger partial charge in [-0.2, -0.15) is 0 Å². The lowest BCUT2D eigenvalue weighted by Crippen LogP contribution is -2.35. The van der Waals surface area contributed by atoms with E-state index >= 15 is 0 Å². The summed E-state index contributed by atoms with van der Waals surface area (Å²) in [6, 6.07) is 8.34. The highest BCUT2D eigenvalue weighted by molar-refractivity contribution is 5.85. The van der Waals surface area contributed by atoms with Gasteiger partial charge in [0.2, 0.25) is 0 Å². The highest BCUT2D eigenvalue weighted by Gasteiger charge is 2.12. The SMILES string of the molecule is Cl.N[C@H](CO)C(=O)OCc1ccccc1. The first-order valence-electron chi connectivity index (χ1n) is 4.31. The fraction of sp³-hybridized carbons (Fsp3) is 0.300. The van der Waals surface area contributed by atoms with Crippen LogP contribution < -0.4 is 5.73 Å². The van der Waals surface area contributed by atoms with E-state index in [1.807, 2.05) is 30.3 Å². The van der Waals surface area contributed by atoms with Crippen LogP contribution >= 0.6 is 12.4 Å². The van der Waals surface area contributed by atoms with E-state index in [-0.39, 0.29) is 19.0 Å². The topological polar surface area (TPSA) is 72.5 Å². The third-order valence-corrected chi connectivity index (χ3v) is 1.72. The minimum absolute atomic E-state index is 0. The smallest absolute Gasteiger partial charge is 0.325 e. The Kier molecular flexibility index (Phi) is 6.70. The molecule has 0 saturated heterocycles. The van der Waals surface area contributed by atoms with Crippen molar-refractivity contribution in [1.29, 1.82) is 0 Å². The standard InChI is InChI=1S/C10H13NO3.ClH/c11-9(6-12)10(13)14-7-8-4-2-1-3-5-8;/h1-5,9,12H,6-7,11H2;1H/t9-;/m1./s1. The number of rotatable bonds is 4. The van der Waals surface area contributed by atoms with Gasteiger partial charge in [0.15, 0.2) is 0 Å². The molecule has 0 aliphatic rings. The van der Waals surface area contributed by atoms with Crippen LogP contribution in [0.1, 0.15) is 5.56 Å². The average molecular weight is 232 g/mol. The average Bonchev–Trinajstić information content (AvgIpc) is 2.26. The number of hydrogen-bond donors (Lipinski definition) is 2. The second-order valence-corrected chi connectivity index (χ2v) is 2.88. The molecule has 1 aromatic rings. The molecule has 0 amide bonds. The molecule has 1 rings (SSSR count). The Labute approximate surface area is 94.5 Å². The number of halogens is 1. The fourth-order valence-corrected chi connectivity index (χ4v) is 0.910. The van der Waals surface area contributed by atoms with Crippen LogP contribution in [0.3, 0.4) is 0 Å².